The number of carbonyl (C=O) groups excluding carboxylic acids is 1. The van der Waals surface area contributed by atoms with Gasteiger partial charge in [0.05, 0.1) is 0 Å². The number of carbonyl (C=O) groups is 1. The Labute approximate surface area is 128 Å². The molecular formula is C18H30N2O. The molecule has 2 N–H and O–H groups in total. The molecule has 0 radical (unpaired) electrons. The Bertz CT molecular complexity index is 365. The molecule has 21 heavy (non-hydrogen) atoms. The maximum Gasteiger partial charge on any atom is 0.220 e. The van der Waals surface area contributed by atoms with Crippen LogP contribution in [-0.4, -0.2) is 25.0 Å². The molecule has 118 valence electrons. The van der Waals surface area contributed by atoms with Crippen LogP contribution in [0, 0.1) is 23.2 Å². The quantitative estimate of drug-likeness (QED) is 0.836. The molecule has 1 aliphatic heterocycles. The van der Waals surface area contributed by atoms with Gasteiger partial charge < -0.3 is 10.6 Å². The topological polar surface area (TPSA) is 41.1 Å². The molecule has 0 aromatic rings. The fraction of sp³-hybridized carbons (Fsp3) is 0.944. The second kappa shape index (κ2) is 5.57. The first-order valence-electron chi connectivity index (χ1n) is 9.21. The van der Waals surface area contributed by atoms with Crippen LogP contribution in [0.15, 0.2) is 0 Å². The predicted molar refractivity (Wildman–Crippen MR) is 83.9 cm³/mol. The van der Waals surface area contributed by atoms with Crippen LogP contribution in [-0.2, 0) is 4.79 Å². The summed E-state index contributed by atoms with van der Waals surface area (Å²) in [4.78, 5) is 12.4. The zero-order chi connectivity index (χ0) is 14.3. The lowest BCUT2D eigenvalue weighted by molar-refractivity contribution is -0.129. The second-order valence-corrected chi connectivity index (χ2v) is 8.55. The third-order valence-electron chi connectivity index (χ3n) is 6.66. The molecule has 0 aromatic heterocycles. The molecule has 5 fully saturated rings. The van der Waals surface area contributed by atoms with E-state index in [0.29, 0.717) is 17.4 Å². The van der Waals surface area contributed by atoms with Gasteiger partial charge in [0.2, 0.25) is 5.91 Å². The fourth-order valence-electron chi connectivity index (χ4n) is 6.24. The van der Waals surface area contributed by atoms with Crippen LogP contribution in [0.1, 0.15) is 64.2 Å². The molecule has 0 aromatic carbocycles. The van der Waals surface area contributed by atoms with E-state index >= 15 is 0 Å². The molecule has 0 spiro atoms. The number of rotatable bonds is 4. The molecule has 1 heterocycles. The van der Waals surface area contributed by atoms with Crippen molar-refractivity contribution in [3.8, 4) is 0 Å². The average Bonchev–Trinajstić information content (AvgIpc) is 2.44. The molecule has 3 heteroatoms. The van der Waals surface area contributed by atoms with Crippen LogP contribution in [0.3, 0.4) is 0 Å². The molecule has 4 saturated carbocycles. The zero-order valence-corrected chi connectivity index (χ0v) is 13.2. The van der Waals surface area contributed by atoms with Crippen LogP contribution in [0.5, 0.6) is 0 Å². The lowest BCUT2D eigenvalue weighted by Crippen LogP contribution is -2.49. The van der Waals surface area contributed by atoms with Gasteiger partial charge in [-0.3, -0.25) is 4.79 Å². The van der Waals surface area contributed by atoms with Crippen molar-refractivity contribution in [3.05, 3.63) is 0 Å². The SMILES string of the molecule is O=C(CC12CC3CC(CC(C3)C1)C2)NCC1CCCCN1. The minimum atomic E-state index is 0.323. The smallest absolute Gasteiger partial charge is 0.220 e. The van der Waals surface area contributed by atoms with E-state index in [0.717, 1.165) is 37.3 Å². The van der Waals surface area contributed by atoms with E-state index in [1.165, 1.54) is 57.8 Å². The predicted octanol–water partition coefficient (Wildman–Crippen LogP) is 2.85. The van der Waals surface area contributed by atoms with Crippen molar-refractivity contribution >= 4 is 5.91 Å². The zero-order valence-electron chi connectivity index (χ0n) is 13.2. The highest BCUT2D eigenvalue weighted by Crippen LogP contribution is 2.61. The van der Waals surface area contributed by atoms with E-state index in [4.69, 9.17) is 0 Å². The van der Waals surface area contributed by atoms with Crippen LogP contribution < -0.4 is 10.6 Å². The average molecular weight is 290 g/mol. The maximum atomic E-state index is 12.4. The molecule has 4 bridgehead atoms. The van der Waals surface area contributed by atoms with Gasteiger partial charge in [-0.2, -0.15) is 0 Å². The Morgan fingerprint density at radius 1 is 1.05 bits per heavy atom. The van der Waals surface area contributed by atoms with Gasteiger partial charge in [0, 0.05) is 19.0 Å². The summed E-state index contributed by atoms with van der Waals surface area (Å²) in [6.07, 6.45) is 13.0. The molecule has 5 rings (SSSR count). The standard InChI is InChI=1S/C18H30N2O/c21-17(20-12-16-3-1-2-4-19-16)11-18-8-13-5-14(9-18)7-15(6-13)10-18/h13-16,19H,1-12H2,(H,20,21). The Morgan fingerprint density at radius 2 is 1.71 bits per heavy atom. The number of piperidine rings is 1. The lowest BCUT2D eigenvalue weighted by Gasteiger charge is -2.56. The fourth-order valence-corrected chi connectivity index (χ4v) is 6.24. The highest BCUT2D eigenvalue weighted by molar-refractivity contribution is 5.76. The third kappa shape index (κ3) is 2.99. The number of nitrogens with one attached hydrogen (secondary N) is 2. The summed E-state index contributed by atoms with van der Waals surface area (Å²) in [6, 6.07) is 0.513. The summed E-state index contributed by atoms with van der Waals surface area (Å²) in [7, 11) is 0. The van der Waals surface area contributed by atoms with E-state index in [1.54, 1.807) is 0 Å². The van der Waals surface area contributed by atoms with Crippen molar-refractivity contribution in [3.63, 3.8) is 0 Å². The van der Waals surface area contributed by atoms with E-state index in [1.807, 2.05) is 0 Å². The Morgan fingerprint density at radius 3 is 2.29 bits per heavy atom. The largest absolute Gasteiger partial charge is 0.355 e. The second-order valence-electron chi connectivity index (χ2n) is 8.55. The number of hydrogen-bond acceptors (Lipinski definition) is 2. The van der Waals surface area contributed by atoms with Crippen molar-refractivity contribution < 1.29 is 4.79 Å². The first-order valence-corrected chi connectivity index (χ1v) is 9.21. The Kier molecular flexibility index (Phi) is 3.72. The minimum Gasteiger partial charge on any atom is -0.355 e. The van der Waals surface area contributed by atoms with Crippen LogP contribution >= 0.6 is 0 Å². The maximum absolute atomic E-state index is 12.4. The van der Waals surface area contributed by atoms with Crippen molar-refractivity contribution in [2.24, 2.45) is 23.2 Å². The van der Waals surface area contributed by atoms with Crippen molar-refractivity contribution in [2.75, 3.05) is 13.1 Å². The highest BCUT2D eigenvalue weighted by atomic mass is 16.1. The Balaban J connectivity index is 1.30. The molecule has 1 unspecified atom stereocenters. The third-order valence-corrected chi connectivity index (χ3v) is 6.66. The number of hydrogen-bond donors (Lipinski definition) is 2. The van der Waals surface area contributed by atoms with E-state index < -0.39 is 0 Å². The van der Waals surface area contributed by atoms with Gasteiger partial charge in [-0.1, -0.05) is 6.42 Å². The van der Waals surface area contributed by atoms with E-state index in [2.05, 4.69) is 10.6 Å². The molecular weight excluding hydrogens is 260 g/mol. The normalized spacial score (nSPS) is 44.8. The molecule has 1 amide bonds. The molecule has 4 aliphatic carbocycles. The van der Waals surface area contributed by atoms with Crippen molar-refractivity contribution in [1.82, 2.24) is 10.6 Å². The number of amides is 1. The summed E-state index contributed by atoms with van der Waals surface area (Å²) in [5.74, 6) is 3.17. The summed E-state index contributed by atoms with van der Waals surface area (Å²) < 4.78 is 0. The first kappa shape index (κ1) is 14.0. The van der Waals surface area contributed by atoms with Crippen LogP contribution in [0.25, 0.3) is 0 Å². The van der Waals surface area contributed by atoms with Crippen molar-refractivity contribution in [1.29, 1.82) is 0 Å². The van der Waals surface area contributed by atoms with Gasteiger partial charge in [0.15, 0.2) is 0 Å². The first-order chi connectivity index (χ1) is 10.2. The summed E-state index contributed by atoms with van der Waals surface area (Å²) in [5, 5.41) is 6.75. The monoisotopic (exact) mass is 290 g/mol. The lowest BCUT2D eigenvalue weighted by atomic mass is 9.49. The molecule has 5 aliphatic rings. The van der Waals surface area contributed by atoms with E-state index in [9.17, 15) is 4.79 Å². The van der Waals surface area contributed by atoms with Gasteiger partial charge >= 0.3 is 0 Å². The minimum absolute atomic E-state index is 0.323. The summed E-state index contributed by atoms with van der Waals surface area (Å²) >= 11 is 0. The van der Waals surface area contributed by atoms with Gasteiger partial charge in [-0.25, -0.2) is 0 Å². The molecule has 1 atom stereocenters. The van der Waals surface area contributed by atoms with Gasteiger partial charge in [0.1, 0.15) is 0 Å². The molecule has 1 saturated heterocycles. The summed E-state index contributed by atoms with van der Waals surface area (Å²) in [5.41, 5.74) is 0.388. The van der Waals surface area contributed by atoms with Gasteiger partial charge in [0.25, 0.3) is 0 Å². The van der Waals surface area contributed by atoms with Crippen LogP contribution in [0.2, 0.25) is 0 Å². The van der Waals surface area contributed by atoms with Crippen molar-refractivity contribution in [2.45, 2.75) is 70.3 Å². The van der Waals surface area contributed by atoms with Gasteiger partial charge in [-0.15, -0.1) is 0 Å². The van der Waals surface area contributed by atoms with Crippen LogP contribution in [0.4, 0.5) is 0 Å². The van der Waals surface area contributed by atoms with Gasteiger partial charge in [-0.05, 0) is 81.1 Å². The highest BCUT2D eigenvalue weighted by Gasteiger charge is 2.51. The van der Waals surface area contributed by atoms with E-state index in [-0.39, 0.29) is 0 Å². The summed E-state index contributed by atoms with van der Waals surface area (Å²) in [6.45, 7) is 1.96. The molecule has 3 nitrogen and oxygen atoms in total. The Hall–Kier alpha value is -0.570.